The fourth-order valence-electron chi connectivity index (χ4n) is 11.8. The lowest BCUT2D eigenvalue weighted by atomic mass is 10.0. The van der Waals surface area contributed by atoms with Crippen molar-refractivity contribution in [2.75, 3.05) is 31.7 Å². The minimum atomic E-state index is 0.0380. The van der Waals surface area contributed by atoms with E-state index in [0.717, 1.165) is 205 Å². The molecule has 0 bridgehead atoms. The van der Waals surface area contributed by atoms with Crippen LogP contribution in [0.15, 0.2) is 147 Å². The molecule has 94 heavy (non-hydrogen) atoms. The summed E-state index contributed by atoms with van der Waals surface area (Å²) in [7, 11) is 0. The molecule has 0 amide bonds. The number of aromatic nitrogens is 12. The van der Waals surface area contributed by atoms with Crippen molar-refractivity contribution in [1.29, 1.82) is 0 Å². The standard InChI is InChI=1S/2C19H18ClN3O.2C13H14ClN3O.C6H6ClNO2/c20-14-5-3-13(4-6-14)19-16-9-10-21-12-17(16)18(22-23-19)8-7-15-2-1-11-24-15;20-14-5-3-13(4-6-14)19-17-12-21-10-9-16(17)18(22-23-19)8-7-15-2-1-11-24-15;14-13-10-5-6-15-8-11(10)12(16-17-13)4-3-9-2-1-7-18-9;14-13-11-8-15-6-5-10(11)12(16-17-13)4-3-9-2-1-7-18-9;7-5-1-3-6(4-2-5)8(9)10/h2*3-6,9-10,12,15H,1-2,7-8,11H2;2*5-6,8-9H,1-4,7H2;1-4,9-10H/t2*15-;2*9-;/m0000./s1. The molecule has 24 heteroatoms. The van der Waals surface area contributed by atoms with Crippen LogP contribution in [0.1, 0.15) is 99.8 Å². The second-order valence-electron chi connectivity index (χ2n) is 23.0. The molecule has 11 aromatic rings. The van der Waals surface area contributed by atoms with E-state index in [1.54, 1.807) is 43.1 Å². The minimum absolute atomic E-state index is 0.0380. The number of ether oxygens (including phenoxy) is 4. The summed E-state index contributed by atoms with van der Waals surface area (Å²) in [6.07, 6.45) is 32.5. The number of rotatable bonds is 15. The number of aryl methyl sites for hydroxylation is 4. The van der Waals surface area contributed by atoms with Gasteiger partial charge in [-0.2, -0.15) is 20.4 Å². The number of hydrogen-bond acceptors (Lipinski definition) is 19. The highest BCUT2D eigenvalue weighted by Crippen LogP contribution is 2.33. The number of benzene rings is 3. The Bertz CT molecular complexity index is 3980. The van der Waals surface area contributed by atoms with Gasteiger partial charge >= 0.3 is 0 Å². The van der Waals surface area contributed by atoms with Crippen LogP contribution in [0.2, 0.25) is 25.4 Å². The quantitative estimate of drug-likeness (QED) is 0.0908. The third-order valence-corrected chi connectivity index (χ3v) is 18.1. The normalized spacial score (nSPS) is 17.4. The Balaban J connectivity index is 0.000000123. The predicted octanol–water partition coefficient (Wildman–Crippen LogP) is 16.4. The molecule has 12 heterocycles. The summed E-state index contributed by atoms with van der Waals surface area (Å²) in [5.41, 5.74) is 7.94. The van der Waals surface area contributed by atoms with Crippen LogP contribution in [0, 0.1) is 0 Å². The molecular weight excluding hydrogens is 1300 g/mol. The van der Waals surface area contributed by atoms with Crippen LogP contribution in [0.5, 0.6) is 0 Å². The van der Waals surface area contributed by atoms with E-state index in [1.807, 2.05) is 91.4 Å². The lowest BCUT2D eigenvalue weighted by Gasteiger charge is -2.11. The molecule has 8 aromatic heterocycles. The summed E-state index contributed by atoms with van der Waals surface area (Å²) in [6.45, 7) is 3.55. The van der Waals surface area contributed by atoms with Gasteiger partial charge < -0.3 is 18.9 Å². The zero-order valence-electron chi connectivity index (χ0n) is 51.5. The first-order chi connectivity index (χ1) is 46.0. The fourth-order valence-corrected chi connectivity index (χ4v) is 12.5. The first-order valence-corrected chi connectivity index (χ1v) is 33.5. The van der Waals surface area contributed by atoms with Crippen LogP contribution < -0.4 is 5.23 Å². The third-order valence-electron chi connectivity index (χ3n) is 16.7. The molecule has 15 rings (SSSR count). The van der Waals surface area contributed by atoms with E-state index >= 15 is 0 Å². The van der Waals surface area contributed by atoms with E-state index < -0.39 is 0 Å². The highest BCUT2D eigenvalue weighted by molar-refractivity contribution is 6.34. The van der Waals surface area contributed by atoms with Crippen molar-refractivity contribution >= 4 is 107 Å². The van der Waals surface area contributed by atoms with E-state index in [4.69, 9.17) is 87.4 Å². The Morgan fingerprint density at radius 3 is 1.06 bits per heavy atom. The Hall–Kier alpha value is -7.37. The summed E-state index contributed by atoms with van der Waals surface area (Å²) in [6, 6.07) is 29.3. The van der Waals surface area contributed by atoms with Crippen molar-refractivity contribution in [1.82, 2.24) is 60.7 Å². The molecule has 4 aliphatic rings. The summed E-state index contributed by atoms with van der Waals surface area (Å²) >= 11 is 29.6. The van der Waals surface area contributed by atoms with Gasteiger partial charge in [0.05, 0.1) is 52.9 Å². The molecule has 0 spiro atoms. The van der Waals surface area contributed by atoms with Crippen LogP contribution in [-0.2, 0) is 44.6 Å². The van der Waals surface area contributed by atoms with Crippen LogP contribution in [0.3, 0.4) is 0 Å². The first kappa shape index (κ1) is 68.0. The maximum absolute atomic E-state index is 8.46. The fraction of sp³-hybridized carbons (Fsp3) is 0.343. The molecule has 3 aromatic carbocycles. The average Bonchev–Trinajstić information content (AvgIpc) is 0.910. The zero-order valence-corrected chi connectivity index (χ0v) is 55.3. The van der Waals surface area contributed by atoms with E-state index in [9.17, 15) is 0 Å². The van der Waals surface area contributed by atoms with Crippen molar-refractivity contribution in [2.24, 2.45) is 0 Å². The molecule has 4 atom stereocenters. The van der Waals surface area contributed by atoms with Gasteiger partial charge in [-0.1, -0.05) is 82.3 Å². The third kappa shape index (κ3) is 18.5. The number of nitrogens with zero attached hydrogens (tertiary/aromatic N) is 13. The monoisotopic (exact) mass is 1360 g/mol. The highest BCUT2D eigenvalue weighted by Gasteiger charge is 2.22. The van der Waals surface area contributed by atoms with E-state index in [1.165, 1.54) is 25.0 Å². The lowest BCUT2D eigenvalue weighted by molar-refractivity contribution is 0.0291. The Morgan fingerprint density at radius 1 is 0.340 bits per heavy atom. The smallest absolute Gasteiger partial charge is 0.161 e. The molecular formula is C70H70Cl5N13O6. The average molecular weight is 1370 g/mol. The second kappa shape index (κ2) is 34.3. The molecule has 0 radical (unpaired) electrons. The van der Waals surface area contributed by atoms with Crippen molar-refractivity contribution in [2.45, 2.75) is 127 Å². The Labute approximate surface area is 569 Å². The van der Waals surface area contributed by atoms with Gasteiger partial charge in [0.2, 0.25) is 0 Å². The van der Waals surface area contributed by atoms with Crippen molar-refractivity contribution < 1.29 is 29.4 Å². The second-order valence-corrected chi connectivity index (χ2v) is 25.1. The maximum atomic E-state index is 8.46. The molecule has 0 unspecified atom stereocenters. The Kier molecular flexibility index (Phi) is 24.9. The molecule has 0 saturated carbocycles. The predicted molar refractivity (Wildman–Crippen MR) is 367 cm³/mol. The summed E-state index contributed by atoms with van der Waals surface area (Å²) in [4.78, 5) is 16.8. The largest absolute Gasteiger partial charge is 0.378 e. The molecule has 0 aliphatic carbocycles. The van der Waals surface area contributed by atoms with Crippen molar-refractivity contribution in [3.05, 3.63) is 195 Å². The van der Waals surface area contributed by atoms with Crippen LogP contribution in [0.4, 0.5) is 5.69 Å². The Morgan fingerprint density at radius 2 is 0.660 bits per heavy atom. The van der Waals surface area contributed by atoms with Crippen LogP contribution in [-0.4, -0.2) is 122 Å². The molecule has 4 aliphatic heterocycles. The molecule has 19 nitrogen and oxygen atoms in total. The topological polar surface area (TPSA) is 235 Å². The van der Waals surface area contributed by atoms with Gasteiger partial charge in [0, 0.05) is 145 Å². The van der Waals surface area contributed by atoms with Gasteiger partial charge in [-0.3, -0.25) is 30.4 Å². The summed E-state index contributed by atoms with van der Waals surface area (Å²) < 4.78 is 22.7. The molecule has 4 fully saturated rings. The van der Waals surface area contributed by atoms with Gasteiger partial charge in [0.25, 0.3) is 0 Å². The van der Waals surface area contributed by atoms with Crippen LogP contribution >= 0.6 is 58.0 Å². The maximum Gasteiger partial charge on any atom is 0.161 e. The van der Waals surface area contributed by atoms with E-state index in [0.29, 0.717) is 49.8 Å². The lowest BCUT2D eigenvalue weighted by Crippen LogP contribution is -2.10. The van der Waals surface area contributed by atoms with Gasteiger partial charge in [0.1, 0.15) is 11.4 Å². The van der Waals surface area contributed by atoms with Crippen molar-refractivity contribution in [3.8, 4) is 22.5 Å². The van der Waals surface area contributed by atoms with Gasteiger partial charge in [-0.15, -0.1) is 25.6 Å². The number of hydrogen-bond donors (Lipinski definition) is 2. The number of fused-ring (bicyclic) bond motifs is 4. The van der Waals surface area contributed by atoms with Crippen molar-refractivity contribution in [3.63, 3.8) is 0 Å². The summed E-state index contributed by atoms with van der Waals surface area (Å²) in [5, 5.41) is 62.2. The minimum Gasteiger partial charge on any atom is -0.378 e. The number of anilines is 1. The number of halogens is 5. The van der Waals surface area contributed by atoms with Gasteiger partial charge in [-0.25, -0.2) is 0 Å². The summed E-state index contributed by atoms with van der Waals surface area (Å²) in [5.74, 6) is 0. The highest BCUT2D eigenvalue weighted by atomic mass is 35.5. The van der Waals surface area contributed by atoms with Gasteiger partial charge in [0.15, 0.2) is 10.3 Å². The SMILES string of the molecule is Clc1ccc(-c2nnc(CC[C@@H]3CCCO3)c3ccncc23)cc1.Clc1ccc(-c2nnc(CC[C@@H]3CCCO3)c3cnccc23)cc1.Clc1nnc(CC[C@@H]2CCCO2)c2ccncc12.Clc1nnc(CC[C@@H]2CCCO2)c2cnccc12.ON(O)c1ccc(Cl)cc1. The first-order valence-electron chi connectivity index (χ1n) is 31.6. The van der Waals surface area contributed by atoms with Crippen LogP contribution in [0.25, 0.3) is 65.6 Å². The van der Waals surface area contributed by atoms with Gasteiger partial charge in [-0.05, 0) is 176 Å². The zero-order chi connectivity index (χ0) is 65.0. The molecule has 486 valence electrons. The molecule has 2 N–H and O–H groups in total. The van der Waals surface area contributed by atoms with E-state index in [-0.39, 0.29) is 10.9 Å². The van der Waals surface area contributed by atoms with E-state index in [2.05, 4.69) is 60.7 Å². The molecule has 4 saturated heterocycles. The number of pyridine rings is 4.